The molecule has 54 valence electrons. The predicted octanol–water partition coefficient (Wildman–Crippen LogP) is 0.198. The van der Waals surface area contributed by atoms with Gasteiger partial charge in [-0.1, -0.05) is 0 Å². The summed E-state index contributed by atoms with van der Waals surface area (Å²) in [6.07, 6.45) is 1.69. The first-order chi connectivity index (χ1) is 4.16. The van der Waals surface area contributed by atoms with Gasteiger partial charge in [-0.05, 0) is 19.3 Å². The Morgan fingerprint density at radius 3 is 2.67 bits per heavy atom. The van der Waals surface area contributed by atoms with E-state index >= 15 is 0 Å². The highest BCUT2D eigenvalue weighted by atomic mass is 19.1. The zero-order chi connectivity index (χ0) is 6.91. The van der Waals surface area contributed by atoms with Crippen LogP contribution in [0.2, 0.25) is 0 Å². The van der Waals surface area contributed by atoms with Gasteiger partial charge >= 0.3 is 0 Å². The Balaban J connectivity index is 2.45. The highest BCUT2D eigenvalue weighted by Crippen LogP contribution is 2.28. The third-order valence-corrected chi connectivity index (χ3v) is 1.87. The molecule has 1 saturated carbocycles. The molecular formula is C6H12FNO. The van der Waals surface area contributed by atoms with Gasteiger partial charge in [0.05, 0.1) is 5.60 Å². The topological polar surface area (TPSA) is 46.2 Å². The number of aliphatic hydroxyl groups is 1. The van der Waals surface area contributed by atoms with Crippen LogP contribution in [0.3, 0.4) is 0 Å². The second-order valence-corrected chi connectivity index (χ2v) is 2.86. The first-order valence-electron chi connectivity index (χ1n) is 3.20. The molecular weight excluding hydrogens is 121 g/mol. The zero-order valence-corrected chi connectivity index (χ0v) is 5.31. The summed E-state index contributed by atoms with van der Waals surface area (Å²) in [5, 5.41) is 9.22. The maximum atomic E-state index is 12.0. The van der Waals surface area contributed by atoms with Gasteiger partial charge in [0, 0.05) is 6.04 Å². The monoisotopic (exact) mass is 133 g/mol. The van der Waals surface area contributed by atoms with Crippen molar-refractivity contribution in [2.45, 2.75) is 30.9 Å². The predicted molar refractivity (Wildman–Crippen MR) is 32.8 cm³/mol. The van der Waals surface area contributed by atoms with Crippen LogP contribution in [-0.4, -0.2) is 23.4 Å². The molecule has 1 aliphatic rings. The lowest BCUT2D eigenvalue weighted by Crippen LogP contribution is -2.29. The van der Waals surface area contributed by atoms with Crippen molar-refractivity contribution in [2.75, 3.05) is 6.67 Å². The summed E-state index contributed by atoms with van der Waals surface area (Å²) in [5.41, 5.74) is 4.38. The van der Waals surface area contributed by atoms with Gasteiger partial charge in [-0.15, -0.1) is 0 Å². The van der Waals surface area contributed by atoms with Gasteiger partial charge in [0.15, 0.2) is 0 Å². The molecule has 0 amide bonds. The van der Waals surface area contributed by atoms with Gasteiger partial charge in [0.25, 0.3) is 0 Å². The smallest absolute Gasteiger partial charge is 0.118 e. The average Bonchev–Trinajstić information content (AvgIpc) is 2.13. The van der Waals surface area contributed by atoms with Crippen molar-refractivity contribution in [1.82, 2.24) is 0 Å². The molecule has 1 aliphatic carbocycles. The Kier molecular flexibility index (Phi) is 1.73. The molecule has 0 aliphatic heterocycles. The van der Waals surface area contributed by atoms with Gasteiger partial charge < -0.3 is 10.8 Å². The Morgan fingerprint density at radius 2 is 2.44 bits per heavy atom. The number of nitrogens with two attached hydrogens (primary N) is 1. The molecule has 9 heavy (non-hydrogen) atoms. The summed E-state index contributed by atoms with van der Waals surface area (Å²) in [5.74, 6) is 0. The van der Waals surface area contributed by atoms with E-state index < -0.39 is 12.3 Å². The molecule has 3 N–H and O–H groups in total. The molecule has 0 saturated heterocycles. The zero-order valence-electron chi connectivity index (χ0n) is 5.31. The Labute approximate surface area is 53.9 Å². The van der Waals surface area contributed by atoms with Crippen molar-refractivity contribution >= 4 is 0 Å². The van der Waals surface area contributed by atoms with Crippen LogP contribution in [0.15, 0.2) is 0 Å². The molecule has 0 spiro atoms. The fourth-order valence-electron chi connectivity index (χ4n) is 1.27. The van der Waals surface area contributed by atoms with Crippen LogP contribution in [0.4, 0.5) is 4.39 Å². The van der Waals surface area contributed by atoms with Crippen LogP contribution < -0.4 is 5.73 Å². The molecule has 0 radical (unpaired) electrons. The Morgan fingerprint density at radius 1 is 1.78 bits per heavy atom. The second kappa shape index (κ2) is 2.23. The number of hydrogen-bond acceptors (Lipinski definition) is 2. The number of hydrogen-bond donors (Lipinski definition) is 2. The first kappa shape index (κ1) is 6.96. The van der Waals surface area contributed by atoms with Crippen LogP contribution in [0, 0.1) is 0 Å². The summed E-state index contributed by atoms with van der Waals surface area (Å²) < 4.78 is 12.0. The third-order valence-electron chi connectivity index (χ3n) is 1.87. The van der Waals surface area contributed by atoms with Crippen molar-refractivity contribution in [3.63, 3.8) is 0 Å². The minimum atomic E-state index is -1.08. The molecule has 3 heteroatoms. The lowest BCUT2D eigenvalue weighted by atomic mass is 10.1. The van der Waals surface area contributed by atoms with Crippen LogP contribution in [0.25, 0.3) is 0 Å². The van der Waals surface area contributed by atoms with Gasteiger partial charge in [-0.3, -0.25) is 0 Å². The Bertz CT molecular complexity index is 109. The number of alkyl halides is 1. The van der Waals surface area contributed by atoms with Crippen LogP contribution in [0.5, 0.6) is 0 Å². The maximum Gasteiger partial charge on any atom is 0.118 e. The summed E-state index contributed by atoms with van der Waals surface area (Å²) >= 11 is 0. The van der Waals surface area contributed by atoms with Crippen molar-refractivity contribution in [3.8, 4) is 0 Å². The van der Waals surface area contributed by atoms with Crippen LogP contribution in [0.1, 0.15) is 19.3 Å². The van der Waals surface area contributed by atoms with Gasteiger partial charge in [-0.2, -0.15) is 0 Å². The van der Waals surface area contributed by atoms with E-state index in [0.717, 1.165) is 6.42 Å². The SMILES string of the molecule is NC1CCC(O)(CF)C1. The summed E-state index contributed by atoms with van der Waals surface area (Å²) in [4.78, 5) is 0. The van der Waals surface area contributed by atoms with E-state index in [1.807, 2.05) is 0 Å². The number of rotatable bonds is 1. The van der Waals surface area contributed by atoms with Crippen molar-refractivity contribution in [3.05, 3.63) is 0 Å². The van der Waals surface area contributed by atoms with E-state index in [1.165, 1.54) is 0 Å². The maximum absolute atomic E-state index is 12.0. The van der Waals surface area contributed by atoms with Gasteiger partial charge in [0.1, 0.15) is 6.67 Å². The normalized spacial score (nSPS) is 43.7. The van der Waals surface area contributed by atoms with Gasteiger partial charge in [0.2, 0.25) is 0 Å². The van der Waals surface area contributed by atoms with E-state index in [2.05, 4.69) is 0 Å². The summed E-state index contributed by atoms with van der Waals surface area (Å²) in [6.45, 7) is -0.652. The highest BCUT2D eigenvalue weighted by Gasteiger charge is 2.35. The quantitative estimate of drug-likeness (QED) is 0.536. The minimum absolute atomic E-state index is 0.00532. The van der Waals surface area contributed by atoms with Crippen molar-refractivity contribution in [1.29, 1.82) is 0 Å². The minimum Gasteiger partial charge on any atom is -0.387 e. The molecule has 2 nitrogen and oxygen atoms in total. The molecule has 2 unspecified atom stereocenters. The molecule has 0 aromatic rings. The third kappa shape index (κ3) is 1.40. The van der Waals surface area contributed by atoms with Gasteiger partial charge in [-0.25, -0.2) is 4.39 Å². The van der Waals surface area contributed by atoms with Crippen LogP contribution >= 0.6 is 0 Å². The van der Waals surface area contributed by atoms with Crippen molar-refractivity contribution in [2.24, 2.45) is 5.73 Å². The van der Waals surface area contributed by atoms with E-state index in [1.54, 1.807) is 0 Å². The highest BCUT2D eigenvalue weighted by molar-refractivity contribution is 4.90. The van der Waals surface area contributed by atoms with E-state index in [4.69, 9.17) is 5.73 Å². The fraction of sp³-hybridized carbons (Fsp3) is 1.00. The Hall–Kier alpha value is -0.150. The molecule has 2 atom stereocenters. The summed E-state index contributed by atoms with van der Waals surface area (Å²) in [7, 11) is 0. The van der Waals surface area contributed by atoms with E-state index in [-0.39, 0.29) is 6.04 Å². The molecule has 1 fully saturated rings. The molecule has 0 aromatic carbocycles. The lowest BCUT2D eigenvalue weighted by Gasteiger charge is -2.16. The average molecular weight is 133 g/mol. The second-order valence-electron chi connectivity index (χ2n) is 2.86. The first-order valence-corrected chi connectivity index (χ1v) is 3.20. The van der Waals surface area contributed by atoms with E-state index in [9.17, 15) is 9.50 Å². The fourth-order valence-corrected chi connectivity index (χ4v) is 1.27. The molecule has 1 rings (SSSR count). The largest absolute Gasteiger partial charge is 0.387 e. The van der Waals surface area contributed by atoms with Crippen LogP contribution in [-0.2, 0) is 0 Å². The molecule has 0 heterocycles. The lowest BCUT2D eigenvalue weighted by molar-refractivity contribution is 0.0212. The standard InChI is InChI=1S/C6H12FNO/c7-4-6(9)2-1-5(8)3-6/h5,9H,1-4,8H2. The number of halogens is 1. The molecule has 0 bridgehead atoms. The molecule has 0 aromatic heterocycles. The van der Waals surface area contributed by atoms with Crippen molar-refractivity contribution < 1.29 is 9.50 Å². The van der Waals surface area contributed by atoms with E-state index in [0.29, 0.717) is 12.8 Å². The summed E-state index contributed by atoms with van der Waals surface area (Å²) in [6, 6.07) is 0.00532.